The van der Waals surface area contributed by atoms with Crippen molar-refractivity contribution in [1.29, 1.82) is 0 Å². The number of hydrogen-bond acceptors (Lipinski definition) is 5. The van der Waals surface area contributed by atoms with E-state index in [-0.39, 0.29) is 35.3 Å². The first kappa shape index (κ1) is 34.5. The predicted molar refractivity (Wildman–Crippen MR) is 181 cm³/mol. The molecule has 3 aromatic carbocycles. The summed E-state index contributed by atoms with van der Waals surface area (Å²) in [5.41, 5.74) is 5.53. The van der Waals surface area contributed by atoms with Crippen molar-refractivity contribution in [3.05, 3.63) is 81.9 Å². The van der Waals surface area contributed by atoms with Gasteiger partial charge in [0.15, 0.2) is 0 Å². The number of anilines is 1. The lowest BCUT2D eigenvalue weighted by atomic mass is 9.75. The molecule has 2 aliphatic rings. The van der Waals surface area contributed by atoms with Crippen LogP contribution in [0.15, 0.2) is 59.0 Å². The smallest absolute Gasteiger partial charge is 0.455 e. The molecule has 4 aromatic rings. The molecule has 6 rings (SSSR count). The number of carbonyl (C=O) groups excluding carboxylic acids is 1. The lowest BCUT2D eigenvalue weighted by Gasteiger charge is -2.32. The lowest BCUT2D eigenvalue weighted by molar-refractivity contribution is -0.136. The Bertz CT molecular complexity index is 1890. The van der Waals surface area contributed by atoms with E-state index in [1.54, 1.807) is 70.2 Å². The standard InChI is InChI=1S/C34H35BClF3N2O6S/c1-32(2)33(3,4)47-35(46-32)26-12-7-20(16-25(26)34(37,38)39)13-14-41(48(43)44)27-18-28-24(17-22(27)15-19-5-6-19)29(31(40)42)30(45-28)21-8-10-23(36)11-9-21/h7-12,16-19H,5-6,13-15H2,1-4H3,(H2,40,42)(H,43,44). The third-order valence-corrected chi connectivity index (χ3v) is 10.4. The minimum Gasteiger partial charge on any atom is -0.455 e. The van der Waals surface area contributed by atoms with Crippen LogP contribution in [0.5, 0.6) is 0 Å². The maximum Gasteiger partial charge on any atom is 0.495 e. The second-order valence-corrected chi connectivity index (χ2v) is 14.7. The first-order valence-electron chi connectivity index (χ1n) is 15.5. The molecule has 8 nitrogen and oxygen atoms in total. The molecule has 48 heavy (non-hydrogen) atoms. The number of hydrogen-bond donors (Lipinski definition) is 2. The summed E-state index contributed by atoms with van der Waals surface area (Å²) < 4.78 is 85.6. The molecule has 3 N–H and O–H groups in total. The molecule has 254 valence electrons. The Kier molecular flexibility index (Phi) is 9.00. The number of rotatable bonds is 10. The number of nitrogens with two attached hydrogens (primary N) is 1. The zero-order valence-electron chi connectivity index (χ0n) is 26.8. The zero-order valence-corrected chi connectivity index (χ0v) is 28.4. The number of fused-ring (bicyclic) bond motifs is 1. The molecule has 1 aliphatic heterocycles. The summed E-state index contributed by atoms with van der Waals surface area (Å²) >= 11 is 3.51. The highest BCUT2D eigenvalue weighted by atomic mass is 35.5. The summed E-state index contributed by atoms with van der Waals surface area (Å²) in [5.74, 6) is -0.107. The van der Waals surface area contributed by atoms with Crippen LogP contribution in [0.3, 0.4) is 0 Å². The van der Waals surface area contributed by atoms with Gasteiger partial charge in [0.2, 0.25) is 0 Å². The summed E-state index contributed by atoms with van der Waals surface area (Å²) in [6.45, 7) is 6.98. The molecular weight excluding hydrogens is 668 g/mol. The number of furan rings is 1. The molecule has 1 amide bonds. The van der Waals surface area contributed by atoms with Crippen LogP contribution in [0.2, 0.25) is 5.02 Å². The average Bonchev–Trinajstić information content (AvgIpc) is 3.68. The number of halogens is 4. The molecule has 14 heteroatoms. The van der Waals surface area contributed by atoms with Gasteiger partial charge in [-0.3, -0.25) is 13.7 Å². The molecule has 1 aromatic heterocycles. The van der Waals surface area contributed by atoms with Crippen LogP contribution in [0.1, 0.15) is 67.6 Å². The van der Waals surface area contributed by atoms with Crippen LogP contribution in [-0.2, 0) is 39.6 Å². The van der Waals surface area contributed by atoms with E-state index >= 15 is 0 Å². The van der Waals surface area contributed by atoms with Gasteiger partial charge in [0.05, 0.1) is 28.0 Å². The third-order valence-electron chi connectivity index (χ3n) is 9.44. The number of amides is 1. The van der Waals surface area contributed by atoms with Gasteiger partial charge >= 0.3 is 13.3 Å². The normalized spacial score (nSPS) is 18.0. The molecular formula is C34H35BClF3N2O6S. The monoisotopic (exact) mass is 702 g/mol. The maximum absolute atomic E-state index is 14.4. The summed E-state index contributed by atoms with van der Waals surface area (Å²) in [7, 11) is -1.21. The highest BCUT2D eigenvalue weighted by molar-refractivity contribution is 7.80. The van der Waals surface area contributed by atoms with E-state index in [9.17, 15) is 26.7 Å². The van der Waals surface area contributed by atoms with E-state index in [1.807, 2.05) is 0 Å². The predicted octanol–water partition coefficient (Wildman–Crippen LogP) is 7.31. The van der Waals surface area contributed by atoms with E-state index in [4.69, 9.17) is 31.1 Å². The fourth-order valence-electron chi connectivity index (χ4n) is 5.95. The topological polar surface area (TPSA) is 115 Å². The fourth-order valence-corrected chi connectivity index (χ4v) is 6.66. The summed E-state index contributed by atoms with van der Waals surface area (Å²) in [4.78, 5) is 12.7. The van der Waals surface area contributed by atoms with E-state index in [1.165, 1.54) is 10.4 Å². The van der Waals surface area contributed by atoms with Crippen molar-refractivity contribution >= 4 is 58.0 Å². The van der Waals surface area contributed by atoms with Gasteiger partial charge in [0, 0.05) is 28.6 Å². The highest BCUT2D eigenvalue weighted by Crippen LogP contribution is 2.42. The quantitative estimate of drug-likeness (QED) is 0.132. The molecule has 1 unspecified atom stereocenters. The van der Waals surface area contributed by atoms with Crippen molar-refractivity contribution in [3.8, 4) is 11.3 Å². The van der Waals surface area contributed by atoms with Crippen molar-refractivity contribution < 1.29 is 40.5 Å². The summed E-state index contributed by atoms with van der Waals surface area (Å²) in [5, 5.41) is 0.958. The molecule has 0 bridgehead atoms. The highest BCUT2D eigenvalue weighted by Gasteiger charge is 2.53. The Balaban J connectivity index is 1.36. The first-order valence-corrected chi connectivity index (χ1v) is 17.0. The van der Waals surface area contributed by atoms with Gasteiger partial charge in [-0.25, -0.2) is 4.21 Å². The SMILES string of the molecule is CC1(C)OB(c2ccc(CCN(c3cc4oc(-c5ccc(Cl)cc5)c(C(N)=O)c4cc3CC3CC3)S(=O)O)cc2C(F)(F)F)OC1(C)C. The first-order chi connectivity index (χ1) is 22.4. The molecule has 1 aliphatic carbocycles. The molecule has 2 heterocycles. The fraction of sp³-hybridized carbons (Fsp3) is 0.382. The molecule has 1 saturated heterocycles. The Labute approximate surface area is 284 Å². The van der Waals surface area contributed by atoms with Crippen LogP contribution >= 0.6 is 11.6 Å². The van der Waals surface area contributed by atoms with Gasteiger partial charge in [-0.05, 0) is 112 Å². The van der Waals surface area contributed by atoms with Crippen molar-refractivity contribution in [2.45, 2.75) is 70.8 Å². The lowest BCUT2D eigenvalue weighted by Crippen LogP contribution is -2.41. The van der Waals surface area contributed by atoms with Crippen molar-refractivity contribution in [2.24, 2.45) is 11.7 Å². The van der Waals surface area contributed by atoms with Crippen LogP contribution in [-0.4, -0.2) is 39.5 Å². The molecule has 2 fully saturated rings. The minimum atomic E-state index is -4.70. The summed E-state index contributed by atoms with van der Waals surface area (Å²) in [6.07, 6.45) is -2.14. The maximum atomic E-state index is 14.4. The second kappa shape index (κ2) is 12.5. The Morgan fingerprint density at radius 2 is 1.71 bits per heavy atom. The van der Waals surface area contributed by atoms with Gasteiger partial charge in [0.25, 0.3) is 17.2 Å². The van der Waals surface area contributed by atoms with Crippen LogP contribution in [0.25, 0.3) is 22.3 Å². The third kappa shape index (κ3) is 6.75. The van der Waals surface area contributed by atoms with Gasteiger partial charge in [-0.1, -0.05) is 23.7 Å². The van der Waals surface area contributed by atoms with E-state index in [0.717, 1.165) is 18.9 Å². The van der Waals surface area contributed by atoms with Gasteiger partial charge < -0.3 is 19.5 Å². The number of nitrogens with zero attached hydrogens (tertiary/aromatic N) is 1. The average molecular weight is 703 g/mol. The van der Waals surface area contributed by atoms with E-state index in [0.29, 0.717) is 45.1 Å². The van der Waals surface area contributed by atoms with Crippen LogP contribution < -0.4 is 15.5 Å². The zero-order chi connectivity index (χ0) is 34.8. The number of alkyl halides is 3. The second-order valence-electron chi connectivity index (χ2n) is 13.4. The molecule has 1 saturated carbocycles. The van der Waals surface area contributed by atoms with Crippen molar-refractivity contribution in [1.82, 2.24) is 0 Å². The molecule has 0 spiro atoms. The van der Waals surface area contributed by atoms with Gasteiger partial charge in [-0.2, -0.15) is 13.2 Å². The Morgan fingerprint density at radius 3 is 2.27 bits per heavy atom. The van der Waals surface area contributed by atoms with E-state index in [2.05, 4.69) is 0 Å². The largest absolute Gasteiger partial charge is 0.495 e. The Morgan fingerprint density at radius 1 is 1.06 bits per heavy atom. The Hall–Kier alpha value is -3.36. The number of benzene rings is 3. The van der Waals surface area contributed by atoms with Crippen molar-refractivity contribution in [2.75, 3.05) is 10.8 Å². The summed E-state index contributed by atoms with van der Waals surface area (Å²) in [6, 6.07) is 14.0. The van der Waals surface area contributed by atoms with Crippen molar-refractivity contribution in [3.63, 3.8) is 0 Å². The number of carbonyl (C=O) groups is 1. The molecule has 0 radical (unpaired) electrons. The van der Waals surface area contributed by atoms with Gasteiger partial charge in [0.1, 0.15) is 11.3 Å². The molecule has 1 atom stereocenters. The van der Waals surface area contributed by atoms with Gasteiger partial charge in [-0.15, -0.1) is 0 Å². The van der Waals surface area contributed by atoms with Crippen LogP contribution in [0, 0.1) is 5.92 Å². The number of primary amides is 1. The minimum absolute atomic E-state index is 0.0145. The van der Waals surface area contributed by atoms with Crippen LogP contribution in [0.4, 0.5) is 18.9 Å². The van der Waals surface area contributed by atoms with E-state index < -0.39 is 47.2 Å².